The number of aliphatic hydroxyl groups is 1. The quantitative estimate of drug-likeness (QED) is 0.363. The van der Waals surface area contributed by atoms with Crippen molar-refractivity contribution in [2.75, 3.05) is 20.3 Å². The van der Waals surface area contributed by atoms with Gasteiger partial charge in [0.25, 0.3) is 0 Å². The van der Waals surface area contributed by atoms with Gasteiger partial charge in [0.15, 0.2) is 0 Å². The zero-order chi connectivity index (χ0) is 23.0. The summed E-state index contributed by atoms with van der Waals surface area (Å²) in [4.78, 5) is 12.2. The molecule has 1 aromatic rings. The molecule has 31 heavy (non-hydrogen) atoms. The van der Waals surface area contributed by atoms with E-state index in [2.05, 4.69) is 39.8 Å². The van der Waals surface area contributed by atoms with E-state index >= 15 is 0 Å². The maximum atomic E-state index is 12.2. The average molecular weight is 436 g/mol. The number of ether oxygens (including phenoxy) is 3. The molecule has 6 nitrogen and oxygen atoms in total. The zero-order valence-corrected chi connectivity index (χ0v) is 19.8. The highest BCUT2D eigenvalue weighted by molar-refractivity contribution is 5.75. The first-order valence-electron chi connectivity index (χ1n) is 11.6. The standard InChI is InChI=1S/C25H41NO5/c1-16(2)19(13-22(26)24-14-21(17(3)4)25(28)31-24)11-18-7-8-23(29-5)20(12-18)15-30-10-6-9-27/h7-8,12,16-17,19,21-22,24,27H,6,9-11,13-15,26H2,1-5H3/t19-,21-,22-,24-/m0/s1. The van der Waals surface area contributed by atoms with Crippen molar-refractivity contribution in [2.45, 2.75) is 72.1 Å². The van der Waals surface area contributed by atoms with Gasteiger partial charge in [-0.25, -0.2) is 0 Å². The largest absolute Gasteiger partial charge is 0.496 e. The van der Waals surface area contributed by atoms with E-state index in [4.69, 9.17) is 25.1 Å². The normalized spacial score (nSPS) is 20.9. The van der Waals surface area contributed by atoms with E-state index in [0.717, 1.165) is 30.6 Å². The lowest BCUT2D eigenvalue weighted by Gasteiger charge is -2.27. The molecule has 0 aromatic heterocycles. The molecule has 1 fully saturated rings. The first kappa shape index (κ1) is 25.6. The van der Waals surface area contributed by atoms with E-state index < -0.39 is 0 Å². The molecule has 0 unspecified atom stereocenters. The SMILES string of the molecule is COc1ccc(C[C@@H](C[C@H](N)[C@@H]2C[C@@H](C(C)C)C(=O)O2)C(C)C)cc1COCCCO. The maximum absolute atomic E-state index is 12.2. The smallest absolute Gasteiger partial charge is 0.309 e. The van der Waals surface area contributed by atoms with Crippen LogP contribution in [0.3, 0.4) is 0 Å². The van der Waals surface area contributed by atoms with Crippen molar-refractivity contribution in [3.63, 3.8) is 0 Å². The molecule has 1 aliphatic rings. The van der Waals surface area contributed by atoms with Gasteiger partial charge in [0.1, 0.15) is 11.9 Å². The summed E-state index contributed by atoms with van der Waals surface area (Å²) in [5.41, 5.74) is 8.76. The van der Waals surface area contributed by atoms with Crippen LogP contribution in [0.15, 0.2) is 18.2 Å². The topological polar surface area (TPSA) is 91.0 Å². The minimum atomic E-state index is -0.187. The van der Waals surface area contributed by atoms with Crippen LogP contribution in [0.5, 0.6) is 5.75 Å². The Morgan fingerprint density at radius 3 is 2.58 bits per heavy atom. The lowest BCUT2D eigenvalue weighted by Crippen LogP contribution is -2.37. The summed E-state index contributed by atoms with van der Waals surface area (Å²) in [5.74, 6) is 1.78. The fourth-order valence-electron chi connectivity index (χ4n) is 4.25. The van der Waals surface area contributed by atoms with E-state index in [1.165, 1.54) is 5.56 Å². The van der Waals surface area contributed by atoms with E-state index in [9.17, 15) is 4.79 Å². The van der Waals surface area contributed by atoms with E-state index in [1.54, 1.807) is 7.11 Å². The van der Waals surface area contributed by atoms with Gasteiger partial charge < -0.3 is 25.1 Å². The molecule has 2 rings (SSSR count). The second-order valence-electron chi connectivity index (χ2n) is 9.45. The van der Waals surface area contributed by atoms with Crippen LogP contribution in [-0.4, -0.2) is 43.5 Å². The Labute approximate surface area is 187 Å². The number of carbonyl (C=O) groups excluding carboxylic acids is 1. The van der Waals surface area contributed by atoms with Crippen LogP contribution in [0.25, 0.3) is 0 Å². The van der Waals surface area contributed by atoms with Gasteiger partial charge in [0, 0.05) is 24.8 Å². The highest BCUT2D eigenvalue weighted by atomic mass is 16.6. The van der Waals surface area contributed by atoms with Crippen molar-refractivity contribution >= 4 is 5.97 Å². The van der Waals surface area contributed by atoms with Gasteiger partial charge in [-0.15, -0.1) is 0 Å². The molecule has 6 heteroatoms. The molecule has 1 heterocycles. The summed E-state index contributed by atoms with van der Waals surface area (Å²) < 4.78 is 16.8. The number of hydrogen-bond donors (Lipinski definition) is 2. The average Bonchev–Trinajstić information content (AvgIpc) is 3.13. The lowest BCUT2D eigenvalue weighted by atomic mass is 9.81. The molecule has 0 spiro atoms. The summed E-state index contributed by atoms with van der Waals surface area (Å²) in [5, 5.41) is 8.92. The molecule has 0 radical (unpaired) electrons. The summed E-state index contributed by atoms with van der Waals surface area (Å²) in [6, 6.07) is 6.08. The molecule has 0 saturated carbocycles. The Kier molecular flexibility index (Phi) is 10.3. The number of aliphatic hydroxyl groups excluding tert-OH is 1. The highest BCUT2D eigenvalue weighted by Gasteiger charge is 2.39. The lowest BCUT2D eigenvalue weighted by molar-refractivity contribution is -0.146. The molecule has 1 aromatic carbocycles. The van der Waals surface area contributed by atoms with Gasteiger partial charge in [-0.1, -0.05) is 33.8 Å². The number of carbonyl (C=O) groups is 1. The molecule has 1 aliphatic heterocycles. The minimum Gasteiger partial charge on any atom is -0.496 e. The summed E-state index contributed by atoms with van der Waals surface area (Å²) in [6.45, 7) is 9.66. The van der Waals surface area contributed by atoms with Crippen molar-refractivity contribution in [1.82, 2.24) is 0 Å². The van der Waals surface area contributed by atoms with Gasteiger partial charge in [0.2, 0.25) is 0 Å². The number of nitrogens with two attached hydrogens (primary N) is 1. The molecule has 176 valence electrons. The number of methoxy groups -OCH3 is 1. The second kappa shape index (κ2) is 12.4. The predicted octanol–water partition coefficient (Wildman–Crippen LogP) is 3.71. The Morgan fingerprint density at radius 2 is 2.00 bits per heavy atom. The van der Waals surface area contributed by atoms with Crippen molar-refractivity contribution in [1.29, 1.82) is 0 Å². The summed E-state index contributed by atoms with van der Waals surface area (Å²) >= 11 is 0. The molecule has 0 bridgehead atoms. The van der Waals surface area contributed by atoms with E-state index in [0.29, 0.717) is 31.5 Å². The van der Waals surface area contributed by atoms with Gasteiger partial charge in [-0.2, -0.15) is 0 Å². The molecule has 0 aliphatic carbocycles. The summed E-state index contributed by atoms with van der Waals surface area (Å²) in [7, 11) is 1.66. The maximum Gasteiger partial charge on any atom is 0.309 e. The second-order valence-corrected chi connectivity index (χ2v) is 9.45. The molecule has 0 amide bonds. The minimum absolute atomic E-state index is 0.0384. The molecule has 3 N–H and O–H groups in total. The fourth-order valence-corrected chi connectivity index (χ4v) is 4.25. The number of esters is 1. The Bertz CT molecular complexity index is 690. The molecular formula is C25H41NO5. The third kappa shape index (κ3) is 7.48. The monoisotopic (exact) mass is 435 g/mol. The van der Waals surface area contributed by atoms with Crippen molar-refractivity contribution in [3.05, 3.63) is 29.3 Å². The summed E-state index contributed by atoms with van der Waals surface area (Å²) in [6.07, 6.45) is 2.87. The van der Waals surface area contributed by atoms with Crippen LogP contribution in [0, 0.1) is 23.7 Å². The Balaban J connectivity index is 2.03. The molecule has 1 saturated heterocycles. The van der Waals surface area contributed by atoms with Crippen LogP contribution < -0.4 is 10.5 Å². The first-order chi connectivity index (χ1) is 14.8. The number of hydrogen-bond acceptors (Lipinski definition) is 6. The van der Waals surface area contributed by atoms with Crippen molar-refractivity contribution in [2.24, 2.45) is 29.4 Å². The number of rotatable bonds is 13. The zero-order valence-electron chi connectivity index (χ0n) is 19.8. The van der Waals surface area contributed by atoms with Crippen molar-refractivity contribution < 1.29 is 24.1 Å². The van der Waals surface area contributed by atoms with E-state index in [-0.39, 0.29) is 36.6 Å². The Hall–Kier alpha value is -1.63. The van der Waals surface area contributed by atoms with Crippen LogP contribution in [0.1, 0.15) is 58.1 Å². The third-order valence-corrected chi connectivity index (χ3v) is 6.40. The van der Waals surface area contributed by atoms with Crippen molar-refractivity contribution in [3.8, 4) is 5.75 Å². The fraction of sp³-hybridized carbons (Fsp3) is 0.720. The van der Waals surface area contributed by atoms with Gasteiger partial charge >= 0.3 is 5.97 Å². The highest BCUT2D eigenvalue weighted by Crippen LogP contribution is 2.32. The number of cyclic esters (lactones) is 1. The van der Waals surface area contributed by atoms with Crippen LogP contribution >= 0.6 is 0 Å². The molecule has 4 atom stereocenters. The van der Waals surface area contributed by atoms with Gasteiger partial charge in [-0.05, 0) is 61.1 Å². The molecular weight excluding hydrogens is 394 g/mol. The predicted molar refractivity (Wildman–Crippen MR) is 122 cm³/mol. The number of benzene rings is 1. The van der Waals surface area contributed by atoms with Gasteiger partial charge in [0.05, 0.1) is 19.6 Å². The third-order valence-electron chi connectivity index (χ3n) is 6.40. The van der Waals surface area contributed by atoms with E-state index in [1.807, 2.05) is 6.07 Å². The first-order valence-corrected chi connectivity index (χ1v) is 11.6. The van der Waals surface area contributed by atoms with Gasteiger partial charge in [-0.3, -0.25) is 4.79 Å². The van der Waals surface area contributed by atoms with Crippen LogP contribution in [0.4, 0.5) is 0 Å². The van der Waals surface area contributed by atoms with Crippen LogP contribution in [-0.2, 0) is 27.3 Å². The van der Waals surface area contributed by atoms with Crippen LogP contribution in [0.2, 0.25) is 0 Å². The Morgan fingerprint density at radius 1 is 1.26 bits per heavy atom.